The molecular formula is C16H11FO4. The van der Waals surface area contributed by atoms with Gasteiger partial charge in [-0.05, 0) is 30.3 Å². The predicted molar refractivity (Wildman–Crippen MR) is 73.9 cm³/mol. The Balaban J connectivity index is 1.93. The lowest BCUT2D eigenvalue weighted by Crippen LogP contribution is -2.03. The van der Waals surface area contributed by atoms with E-state index in [1.807, 2.05) is 0 Å². The maximum absolute atomic E-state index is 12.8. The van der Waals surface area contributed by atoms with Crippen molar-refractivity contribution in [3.63, 3.8) is 0 Å². The van der Waals surface area contributed by atoms with Gasteiger partial charge in [0.05, 0.1) is 5.56 Å². The summed E-state index contributed by atoms with van der Waals surface area (Å²) in [6.45, 7) is 0.0320. The normalized spacial score (nSPS) is 10.7. The van der Waals surface area contributed by atoms with Gasteiger partial charge in [0.1, 0.15) is 23.8 Å². The maximum atomic E-state index is 12.8. The van der Waals surface area contributed by atoms with Crippen LogP contribution in [0.2, 0.25) is 0 Å². The molecule has 5 heteroatoms. The minimum absolute atomic E-state index is 0.0320. The van der Waals surface area contributed by atoms with Crippen molar-refractivity contribution < 1.29 is 23.4 Å². The van der Waals surface area contributed by atoms with E-state index in [4.69, 9.17) is 9.15 Å². The number of halogens is 1. The molecule has 21 heavy (non-hydrogen) atoms. The van der Waals surface area contributed by atoms with E-state index in [0.29, 0.717) is 22.3 Å². The molecule has 1 heterocycles. The second-order valence-corrected chi connectivity index (χ2v) is 4.45. The molecule has 3 rings (SSSR count). The van der Waals surface area contributed by atoms with Crippen molar-refractivity contribution >= 4 is 16.9 Å². The average molecular weight is 286 g/mol. The van der Waals surface area contributed by atoms with Gasteiger partial charge in [-0.3, -0.25) is 0 Å². The van der Waals surface area contributed by atoms with Crippen molar-refractivity contribution in [3.8, 4) is 5.75 Å². The van der Waals surface area contributed by atoms with Crippen molar-refractivity contribution in [3.05, 3.63) is 65.7 Å². The van der Waals surface area contributed by atoms with Crippen LogP contribution in [0.3, 0.4) is 0 Å². The van der Waals surface area contributed by atoms with Gasteiger partial charge >= 0.3 is 5.97 Å². The summed E-state index contributed by atoms with van der Waals surface area (Å²) in [6.07, 6.45) is 0. The van der Waals surface area contributed by atoms with E-state index >= 15 is 0 Å². The third kappa shape index (κ3) is 2.58. The van der Waals surface area contributed by atoms with Crippen LogP contribution in [0.1, 0.15) is 16.1 Å². The van der Waals surface area contributed by atoms with Crippen LogP contribution in [-0.2, 0) is 6.61 Å². The van der Waals surface area contributed by atoms with Crippen molar-refractivity contribution in [2.24, 2.45) is 0 Å². The monoisotopic (exact) mass is 286 g/mol. The van der Waals surface area contributed by atoms with E-state index in [-0.39, 0.29) is 18.2 Å². The number of fused-ring (bicyclic) bond motifs is 1. The summed E-state index contributed by atoms with van der Waals surface area (Å²) in [4.78, 5) is 11.2. The summed E-state index contributed by atoms with van der Waals surface area (Å²) in [6, 6.07) is 12.6. The van der Waals surface area contributed by atoms with Gasteiger partial charge in [-0.15, -0.1) is 0 Å². The Morgan fingerprint density at radius 1 is 1.14 bits per heavy atom. The fourth-order valence-electron chi connectivity index (χ4n) is 2.10. The molecule has 0 bridgehead atoms. The van der Waals surface area contributed by atoms with E-state index < -0.39 is 5.97 Å². The molecule has 0 aliphatic heterocycles. The standard InChI is InChI=1S/C16H11FO4/c17-10-5-7-11(8-6-10)20-9-13-12-3-1-2-4-14(12)21-15(13)16(18)19/h1-8H,9H2,(H,18,19). The zero-order chi connectivity index (χ0) is 14.8. The Labute approximate surface area is 119 Å². The quantitative estimate of drug-likeness (QED) is 0.791. The molecule has 0 radical (unpaired) electrons. The molecule has 2 aromatic carbocycles. The van der Waals surface area contributed by atoms with Crippen LogP contribution >= 0.6 is 0 Å². The Kier molecular flexibility index (Phi) is 3.31. The Morgan fingerprint density at radius 3 is 2.57 bits per heavy atom. The highest BCUT2D eigenvalue weighted by Gasteiger charge is 2.20. The second kappa shape index (κ2) is 5.28. The fraction of sp³-hybridized carbons (Fsp3) is 0.0625. The van der Waals surface area contributed by atoms with Gasteiger partial charge in [0.2, 0.25) is 5.76 Å². The first-order valence-corrected chi connectivity index (χ1v) is 6.27. The number of rotatable bonds is 4. The molecule has 1 N–H and O–H groups in total. The molecule has 0 unspecified atom stereocenters. The minimum atomic E-state index is -1.15. The highest BCUT2D eigenvalue weighted by molar-refractivity contribution is 5.95. The number of carbonyl (C=O) groups is 1. The van der Waals surface area contributed by atoms with Crippen LogP contribution in [0.15, 0.2) is 52.9 Å². The fourth-order valence-corrected chi connectivity index (χ4v) is 2.10. The predicted octanol–water partition coefficient (Wildman–Crippen LogP) is 3.85. The number of hydrogen-bond acceptors (Lipinski definition) is 3. The first kappa shape index (κ1) is 13.2. The molecule has 0 saturated heterocycles. The maximum Gasteiger partial charge on any atom is 0.372 e. The molecule has 0 fully saturated rings. The summed E-state index contributed by atoms with van der Waals surface area (Å²) >= 11 is 0. The van der Waals surface area contributed by atoms with E-state index in [1.54, 1.807) is 24.3 Å². The van der Waals surface area contributed by atoms with Gasteiger partial charge < -0.3 is 14.3 Å². The third-order valence-electron chi connectivity index (χ3n) is 3.09. The van der Waals surface area contributed by atoms with Gasteiger partial charge in [-0.25, -0.2) is 9.18 Å². The minimum Gasteiger partial charge on any atom is -0.489 e. The zero-order valence-corrected chi connectivity index (χ0v) is 10.9. The SMILES string of the molecule is O=C(O)c1oc2ccccc2c1COc1ccc(F)cc1. The number of aromatic carboxylic acids is 1. The van der Waals surface area contributed by atoms with Crippen molar-refractivity contribution in [2.75, 3.05) is 0 Å². The second-order valence-electron chi connectivity index (χ2n) is 4.45. The number of ether oxygens (including phenoxy) is 1. The zero-order valence-electron chi connectivity index (χ0n) is 10.9. The lowest BCUT2D eigenvalue weighted by Gasteiger charge is -2.05. The van der Waals surface area contributed by atoms with E-state index in [0.717, 1.165) is 0 Å². The van der Waals surface area contributed by atoms with Crippen molar-refractivity contribution in [1.82, 2.24) is 0 Å². The molecule has 3 aromatic rings. The lowest BCUT2D eigenvalue weighted by molar-refractivity contribution is 0.0661. The third-order valence-corrected chi connectivity index (χ3v) is 3.09. The number of carboxylic acids is 1. The van der Waals surface area contributed by atoms with Crippen LogP contribution in [0.4, 0.5) is 4.39 Å². The summed E-state index contributed by atoms with van der Waals surface area (Å²) in [5.41, 5.74) is 0.954. The number of furan rings is 1. The van der Waals surface area contributed by atoms with Gasteiger partial charge in [0.15, 0.2) is 0 Å². The molecule has 0 atom stereocenters. The van der Waals surface area contributed by atoms with Crippen LogP contribution in [-0.4, -0.2) is 11.1 Å². The van der Waals surface area contributed by atoms with E-state index in [9.17, 15) is 14.3 Å². The van der Waals surface area contributed by atoms with E-state index in [2.05, 4.69) is 0 Å². The van der Waals surface area contributed by atoms with Crippen molar-refractivity contribution in [2.45, 2.75) is 6.61 Å². The van der Waals surface area contributed by atoms with Gasteiger partial charge in [-0.1, -0.05) is 18.2 Å². The van der Waals surface area contributed by atoms with Gasteiger partial charge in [0, 0.05) is 5.39 Å². The van der Waals surface area contributed by atoms with Crippen LogP contribution in [0.25, 0.3) is 11.0 Å². The first-order valence-electron chi connectivity index (χ1n) is 6.27. The Hall–Kier alpha value is -2.82. The molecular weight excluding hydrogens is 275 g/mol. The van der Waals surface area contributed by atoms with Gasteiger partial charge in [0.25, 0.3) is 0 Å². The Bertz CT molecular complexity index is 790. The summed E-state index contributed by atoms with van der Waals surface area (Å²) in [5.74, 6) is -1.19. The highest BCUT2D eigenvalue weighted by Crippen LogP contribution is 2.27. The lowest BCUT2D eigenvalue weighted by atomic mass is 10.1. The first-order chi connectivity index (χ1) is 10.1. The van der Waals surface area contributed by atoms with Crippen LogP contribution in [0, 0.1) is 5.82 Å². The topological polar surface area (TPSA) is 59.7 Å². The Morgan fingerprint density at radius 2 is 1.86 bits per heavy atom. The van der Waals surface area contributed by atoms with Crippen LogP contribution < -0.4 is 4.74 Å². The molecule has 0 saturated carbocycles. The average Bonchev–Trinajstić information content (AvgIpc) is 2.86. The van der Waals surface area contributed by atoms with Crippen LogP contribution in [0.5, 0.6) is 5.75 Å². The van der Waals surface area contributed by atoms with Gasteiger partial charge in [-0.2, -0.15) is 0 Å². The molecule has 106 valence electrons. The summed E-state index contributed by atoms with van der Waals surface area (Å²) < 4.78 is 23.7. The molecule has 1 aromatic heterocycles. The summed E-state index contributed by atoms with van der Waals surface area (Å²) in [5, 5.41) is 9.89. The van der Waals surface area contributed by atoms with Crippen molar-refractivity contribution in [1.29, 1.82) is 0 Å². The number of para-hydroxylation sites is 1. The molecule has 0 aliphatic carbocycles. The highest BCUT2D eigenvalue weighted by atomic mass is 19.1. The summed E-state index contributed by atoms with van der Waals surface area (Å²) in [7, 11) is 0. The molecule has 0 aliphatic rings. The number of benzene rings is 2. The van der Waals surface area contributed by atoms with E-state index in [1.165, 1.54) is 24.3 Å². The molecule has 0 amide bonds. The number of carboxylic acid groups (broad SMARTS) is 1. The smallest absolute Gasteiger partial charge is 0.372 e. The number of hydrogen-bond donors (Lipinski definition) is 1. The largest absolute Gasteiger partial charge is 0.489 e. The molecule has 0 spiro atoms. The molecule has 4 nitrogen and oxygen atoms in total.